The van der Waals surface area contributed by atoms with Crippen LogP contribution in [-0.4, -0.2) is 16.9 Å². The summed E-state index contributed by atoms with van der Waals surface area (Å²) in [6.45, 7) is 4.11. The third kappa shape index (κ3) is 5.17. The average Bonchev–Trinajstić information content (AvgIpc) is 3.14. The van der Waals surface area contributed by atoms with Crippen molar-refractivity contribution < 1.29 is 9.53 Å². The summed E-state index contributed by atoms with van der Waals surface area (Å²) in [4.78, 5) is 16.3. The molecule has 0 fully saturated rings. The summed E-state index contributed by atoms with van der Waals surface area (Å²) >= 11 is 1.59. The van der Waals surface area contributed by atoms with Gasteiger partial charge in [0.2, 0.25) is 5.91 Å². The lowest BCUT2D eigenvalue weighted by Gasteiger charge is -2.13. The summed E-state index contributed by atoms with van der Waals surface area (Å²) in [7, 11) is 0. The number of carbonyl (C=O) groups excluding carboxylic acids is 1. The minimum Gasteiger partial charge on any atom is -0.488 e. The number of hydrogen-bond donors (Lipinski definition) is 1. The number of hydrogen-bond acceptors (Lipinski definition) is 4. The summed E-state index contributed by atoms with van der Waals surface area (Å²) in [5, 5.41) is 2.91. The number of amides is 1. The fraction of sp³-hybridized carbons (Fsp3) is 0.238. The molecular weight excluding hydrogens is 344 g/mol. The summed E-state index contributed by atoms with van der Waals surface area (Å²) in [5.41, 5.74) is 5.33. The molecule has 4 nitrogen and oxygen atoms in total. The van der Waals surface area contributed by atoms with Crippen LogP contribution in [0, 0.1) is 0 Å². The Labute approximate surface area is 157 Å². The summed E-state index contributed by atoms with van der Waals surface area (Å²) in [6, 6.07) is 16.7. The fourth-order valence-electron chi connectivity index (χ4n) is 2.80. The number of rotatable bonds is 7. The van der Waals surface area contributed by atoms with Crippen molar-refractivity contribution in [3.05, 3.63) is 70.7 Å². The number of nitrogens with zero attached hydrogens (tertiary/aromatic N) is 1. The van der Waals surface area contributed by atoms with E-state index in [0.29, 0.717) is 6.61 Å². The van der Waals surface area contributed by atoms with Crippen LogP contribution in [0.4, 0.5) is 0 Å². The Balaban J connectivity index is 1.59. The quantitative estimate of drug-likeness (QED) is 0.672. The topological polar surface area (TPSA) is 51.2 Å². The molecule has 0 aliphatic heterocycles. The Morgan fingerprint density at radius 1 is 1.12 bits per heavy atom. The Kier molecular flexibility index (Phi) is 6.02. The van der Waals surface area contributed by atoms with Crippen LogP contribution in [0.3, 0.4) is 0 Å². The van der Waals surface area contributed by atoms with Gasteiger partial charge >= 0.3 is 0 Å². The SMILES string of the molecule is CC(=O)NC(C)Cc1ccc(-c2ccc(OCc3cncs3)cc2)cc1. The molecule has 0 radical (unpaired) electrons. The first kappa shape index (κ1) is 18.1. The molecule has 26 heavy (non-hydrogen) atoms. The van der Waals surface area contributed by atoms with Gasteiger partial charge in [0.05, 0.1) is 10.4 Å². The molecule has 1 atom stereocenters. The van der Waals surface area contributed by atoms with E-state index < -0.39 is 0 Å². The lowest BCUT2D eigenvalue weighted by atomic mass is 10.0. The molecule has 2 aromatic carbocycles. The second-order valence-electron chi connectivity index (χ2n) is 6.28. The predicted octanol–water partition coefficient (Wildman–Crippen LogP) is 4.46. The van der Waals surface area contributed by atoms with E-state index in [1.54, 1.807) is 18.3 Å². The number of carbonyl (C=O) groups is 1. The van der Waals surface area contributed by atoms with Gasteiger partial charge in [-0.05, 0) is 42.2 Å². The van der Waals surface area contributed by atoms with E-state index in [0.717, 1.165) is 28.2 Å². The molecule has 0 aliphatic rings. The molecule has 0 spiro atoms. The van der Waals surface area contributed by atoms with E-state index >= 15 is 0 Å². The van der Waals surface area contributed by atoms with E-state index in [4.69, 9.17) is 4.74 Å². The highest BCUT2D eigenvalue weighted by molar-refractivity contribution is 7.09. The first-order chi connectivity index (χ1) is 12.6. The zero-order valence-corrected chi connectivity index (χ0v) is 15.8. The molecule has 3 aromatic rings. The van der Waals surface area contributed by atoms with Crippen LogP contribution in [0.1, 0.15) is 24.3 Å². The van der Waals surface area contributed by atoms with Crippen molar-refractivity contribution in [2.45, 2.75) is 32.9 Å². The minimum absolute atomic E-state index is 0.00627. The van der Waals surface area contributed by atoms with Gasteiger partial charge < -0.3 is 10.1 Å². The van der Waals surface area contributed by atoms with E-state index in [2.05, 4.69) is 46.7 Å². The third-order valence-electron chi connectivity index (χ3n) is 4.00. The molecule has 0 saturated carbocycles. The Morgan fingerprint density at radius 2 is 1.77 bits per heavy atom. The van der Waals surface area contributed by atoms with Crippen LogP contribution in [0.15, 0.2) is 60.2 Å². The predicted molar refractivity (Wildman–Crippen MR) is 105 cm³/mol. The monoisotopic (exact) mass is 366 g/mol. The van der Waals surface area contributed by atoms with Gasteiger partial charge in [-0.25, -0.2) is 0 Å². The Hall–Kier alpha value is -2.66. The van der Waals surface area contributed by atoms with Crippen molar-refractivity contribution in [3.8, 4) is 16.9 Å². The zero-order valence-electron chi connectivity index (χ0n) is 14.9. The Bertz CT molecular complexity index is 827. The number of ether oxygens (including phenoxy) is 1. The van der Waals surface area contributed by atoms with Crippen molar-refractivity contribution >= 4 is 17.2 Å². The van der Waals surface area contributed by atoms with Crippen LogP contribution in [-0.2, 0) is 17.8 Å². The smallest absolute Gasteiger partial charge is 0.217 e. The molecule has 5 heteroatoms. The van der Waals surface area contributed by atoms with Crippen LogP contribution >= 0.6 is 11.3 Å². The van der Waals surface area contributed by atoms with Crippen LogP contribution in [0.5, 0.6) is 5.75 Å². The number of nitrogens with one attached hydrogen (secondary N) is 1. The molecule has 1 amide bonds. The summed E-state index contributed by atoms with van der Waals surface area (Å²) in [5.74, 6) is 0.856. The first-order valence-corrected chi connectivity index (χ1v) is 9.45. The maximum absolute atomic E-state index is 11.1. The van der Waals surface area contributed by atoms with E-state index in [1.165, 1.54) is 5.56 Å². The highest BCUT2D eigenvalue weighted by Crippen LogP contribution is 2.24. The molecule has 134 valence electrons. The normalized spacial score (nSPS) is 11.8. The summed E-state index contributed by atoms with van der Waals surface area (Å²) < 4.78 is 5.77. The zero-order chi connectivity index (χ0) is 18.4. The van der Waals surface area contributed by atoms with Crippen LogP contribution < -0.4 is 10.1 Å². The van der Waals surface area contributed by atoms with Gasteiger partial charge in [0.15, 0.2) is 0 Å². The van der Waals surface area contributed by atoms with Gasteiger partial charge in [0.25, 0.3) is 0 Å². The third-order valence-corrected chi connectivity index (χ3v) is 4.75. The first-order valence-electron chi connectivity index (χ1n) is 8.57. The molecule has 1 N–H and O–H groups in total. The number of aromatic nitrogens is 1. The second-order valence-corrected chi connectivity index (χ2v) is 7.25. The molecule has 1 aromatic heterocycles. The summed E-state index contributed by atoms with van der Waals surface area (Å²) in [6.07, 6.45) is 2.65. The molecule has 1 unspecified atom stereocenters. The number of benzene rings is 2. The van der Waals surface area contributed by atoms with Gasteiger partial charge in [-0.2, -0.15) is 0 Å². The Morgan fingerprint density at radius 3 is 2.35 bits per heavy atom. The number of thiazole rings is 1. The molecule has 0 bridgehead atoms. The average molecular weight is 366 g/mol. The van der Waals surface area contributed by atoms with Crippen molar-refractivity contribution in [2.75, 3.05) is 0 Å². The van der Waals surface area contributed by atoms with Crippen molar-refractivity contribution in [1.29, 1.82) is 0 Å². The van der Waals surface area contributed by atoms with E-state index in [-0.39, 0.29) is 11.9 Å². The van der Waals surface area contributed by atoms with Gasteiger partial charge in [0.1, 0.15) is 12.4 Å². The van der Waals surface area contributed by atoms with Gasteiger partial charge in [-0.3, -0.25) is 9.78 Å². The highest BCUT2D eigenvalue weighted by atomic mass is 32.1. The van der Waals surface area contributed by atoms with Crippen molar-refractivity contribution in [3.63, 3.8) is 0 Å². The standard InChI is InChI=1S/C21H22N2O2S/c1-15(23-16(2)24)11-17-3-5-18(6-4-17)19-7-9-20(10-8-19)25-13-21-12-22-14-26-21/h3-10,12,14-15H,11,13H2,1-2H3,(H,23,24). The maximum atomic E-state index is 11.1. The highest BCUT2D eigenvalue weighted by Gasteiger charge is 2.05. The molecule has 0 aliphatic carbocycles. The fourth-order valence-corrected chi connectivity index (χ4v) is 3.30. The molecule has 1 heterocycles. The van der Waals surface area contributed by atoms with Gasteiger partial charge in [0, 0.05) is 19.2 Å². The van der Waals surface area contributed by atoms with Crippen molar-refractivity contribution in [2.24, 2.45) is 0 Å². The van der Waals surface area contributed by atoms with Crippen LogP contribution in [0.2, 0.25) is 0 Å². The van der Waals surface area contributed by atoms with Gasteiger partial charge in [-0.1, -0.05) is 36.4 Å². The molecular formula is C21H22N2O2S. The van der Waals surface area contributed by atoms with E-state index in [1.807, 2.05) is 30.8 Å². The van der Waals surface area contributed by atoms with Crippen molar-refractivity contribution in [1.82, 2.24) is 10.3 Å². The lowest BCUT2D eigenvalue weighted by molar-refractivity contribution is -0.119. The maximum Gasteiger partial charge on any atom is 0.217 e. The van der Waals surface area contributed by atoms with Gasteiger partial charge in [-0.15, -0.1) is 11.3 Å². The largest absolute Gasteiger partial charge is 0.488 e. The second kappa shape index (κ2) is 8.63. The van der Waals surface area contributed by atoms with Crippen LogP contribution in [0.25, 0.3) is 11.1 Å². The molecule has 3 rings (SSSR count). The molecule has 0 saturated heterocycles. The van der Waals surface area contributed by atoms with E-state index in [9.17, 15) is 4.79 Å². The minimum atomic E-state index is 0.00627. The lowest BCUT2D eigenvalue weighted by Crippen LogP contribution is -2.31.